The molecule has 0 saturated carbocycles. The normalized spacial score (nSPS) is 12.7. The molecular weight excluding hydrogens is 354 g/mol. The molecule has 24 heavy (non-hydrogen) atoms. The van der Waals surface area contributed by atoms with Crippen molar-refractivity contribution in [2.45, 2.75) is 52.4 Å². The van der Waals surface area contributed by atoms with E-state index in [4.69, 9.17) is 15.4 Å². The van der Waals surface area contributed by atoms with E-state index in [1.807, 2.05) is 41.5 Å². The fourth-order valence-corrected chi connectivity index (χ4v) is 2.66. The highest BCUT2D eigenvalue weighted by atomic mass is 35.7. The first kappa shape index (κ1) is 20.6. The Kier molecular flexibility index (Phi) is 5.83. The van der Waals surface area contributed by atoms with Crippen LogP contribution >= 0.6 is 10.7 Å². The van der Waals surface area contributed by atoms with Gasteiger partial charge in [-0.25, -0.2) is 4.79 Å². The van der Waals surface area contributed by atoms with Crippen molar-refractivity contribution in [1.29, 1.82) is 0 Å². The number of ether oxygens (including phenoxy) is 1. The lowest BCUT2D eigenvalue weighted by molar-refractivity contribution is 0.218. The zero-order valence-corrected chi connectivity index (χ0v) is 16.6. The molecule has 0 fully saturated rings. The van der Waals surface area contributed by atoms with Gasteiger partial charge in [-0.05, 0) is 34.1 Å². The van der Waals surface area contributed by atoms with Gasteiger partial charge < -0.3 is 8.92 Å². The molecule has 1 rings (SSSR count). The van der Waals surface area contributed by atoms with Crippen LogP contribution in [0.2, 0.25) is 0 Å². The van der Waals surface area contributed by atoms with Crippen LogP contribution in [0.15, 0.2) is 12.1 Å². The highest BCUT2D eigenvalue weighted by Crippen LogP contribution is 2.41. The van der Waals surface area contributed by atoms with Gasteiger partial charge >= 0.3 is 15.4 Å². The highest BCUT2D eigenvalue weighted by Gasteiger charge is 2.29. The molecule has 1 aromatic carbocycles. The molecule has 0 spiro atoms. The minimum Gasteiger partial charge on any atom is -0.497 e. The fourth-order valence-electron chi connectivity index (χ4n) is 2.26. The summed E-state index contributed by atoms with van der Waals surface area (Å²) in [6.07, 6.45) is -1.16. The van der Waals surface area contributed by atoms with Crippen LogP contribution in [0.5, 0.6) is 5.75 Å². The average Bonchev–Trinajstić information content (AvgIpc) is 2.33. The van der Waals surface area contributed by atoms with Gasteiger partial charge in [0.15, 0.2) is 0 Å². The number of hydrogen-bond donors (Lipinski definition) is 1. The third-order valence-corrected chi connectivity index (χ3v) is 3.91. The lowest BCUT2D eigenvalue weighted by atomic mass is 9.78. The maximum atomic E-state index is 11.9. The summed E-state index contributed by atoms with van der Waals surface area (Å²) in [5.74, 6) is 0.647. The van der Waals surface area contributed by atoms with Gasteiger partial charge in [-0.2, -0.15) is 8.42 Å². The van der Waals surface area contributed by atoms with Crippen molar-refractivity contribution in [2.75, 3.05) is 12.4 Å². The van der Waals surface area contributed by atoms with E-state index in [-0.39, 0.29) is 10.8 Å². The molecule has 8 heteroatoms. The number of carbonyl (C=O) groups is 1. The van der Waals surface area contributed by atoms with Crippen molar-refractivity contribution in [3.63, 3.8) is 0 Å². The molecule has 136 valence electrons. The minimum atomic E-state index is -4.42. The Labute approximate surface area is 148 Å². The van der Waals surface area contributed by atoms with E-state index >= 15 is 0 Å². The van der Waals surface area contributed by atoms with Crippen molar-refractivity contribution in [3.05, 3.63) is 23.3 Å². The quantitative estimate of drug-likeness (QED) is 0.793. The van der Waals surface area contributed by atoms with E-state index in [1.54, 1.807) is 19.2 Å². The summed E-state index contributed by atoms with van der Waals surface area (Å²) in [6, 6.07) is 3.61. The SMILES string of the molecule is COc1cc(C(C)(C)C)c(NC(=O)OS(=O)(=O)Cl)c(C(C)(C)C)c1. The number of benzene rings is 1. The van der Waals surface area contributed by atoms with Gasteiger partial charge in [0.25, 0.3) is 0 Å². The Balaban J connectivity index is 3.56. The van der Waals surface area contributed by atoms with Crippen molar-refractivity contribution in [1.82, 2.24) is 0 Å². The first-order chi connectivity index (χ1) is 10.6. The second-order valence-corrected chi connectivity index (χ2v) is 9.57. The van der Waals surface area contributed by atoms with Crippen molar-refractivity contribution in [3.8, 4) is 5.75 Å². The Morgan fingerprint density at radius 3 is 1.75 bits per heavy atom. The predicted octanol–water partition coefficient (Wildman–Crippen LogP) is 4.32. The highest BCUT2D eigenvalue weighted by molar-refractivity contribution is 8.10. The van der Waals surface area contributed by atoms with Crippen molar-refractivity contribution >= 4 is 31.8 Å². The van der Waals surface area contributed by atoms with E-state index in [0.717, 1.165) is 11.1 Å². The van der Waals surface area contributed by atoms with Gasteiger partial charge in [-0.1, -0.05) is 41.5 Å². The molecule has 0 atom stereocenters. The van der Waals surface area contributed by atoms with Crippen LogP contribution in [0.4, 0.5) is 10.5 Å². The summed E-state index contributed by atoms with van der Waals surface area (Å²) in [7, 11) is 2.12. The van der Waals surface area contributed by atoms with Crippen LogP contribution in [-0.2, 0) is 24.3 Å². The second kappa shape index (κ2) is 6.80. The molecule has 0 saturated heterocycles. The number of amides is 1. The summed E-state index contributed by atoms with van der Waals surface area (Å²) in [5.41, 5.74) is 1.39. The fraction of sp³-hybridized carbons (Fsp3) is 0.562. The molecule has 0 aliphatic carbocycles. The first-order valence-corrected chi connectivity index (χ1v) is 9.56. The van der Waals surface area contributed by atoms with Gasteiger partial charge in [0.1, 0.15) is 5.75 Å². The van der Waals surface area contributed by atoms with Crippen LogP contribution < -0.4 is 10.1 Å². The summed E-state index contributed by atoms with van der Waals surface area (Å²) in [5, 5.41) is 2.52. The first-order valence-electron chi connectivity index (χ1n) is 7.33. The zero-order valence-electron chi connectivity index (χ0n) is 15.0. The maximum Gasteiger partial charge on any atom is 0.428 e. The molecule has 1 aromatic rings. The summed E-state index contributed by atoms with van der Waals surface area (Å²) in [4.78, 5) is 11.9. The van der Waals surface area contributed by atoms with Gasteiger partial charge in [0, 0.05) is 0 Å². The van der Waals surface area contributed by atoms with Gasteiger partial charge in [0.05, 0.1) is 23.5 Å². The van der Waals surface area contributed by atoms with E-state index in [9.17, 15) is 13.2 Å². The molecule has 6 nitrogen and oxygen atoms in total. The number of methoxy groups -OCH3 is 1. The largest absolute Gasteiger partial charge is 0.497 e. The Morgan fingerprint density at radius 1 is 1.04 bits per heavy atom. The number of anilines is 1. The van der Waals surface area contributed by atoms with E-state index in [1.165, 1.54) is 0 Å². The van der Waals surface area contributed by atoms with Crippen LogP contribution in [0.1, 0.15) is 52.7 Å². The molecular formula is C16H24ClNO5S. The minimum absolute atomic E-state index is 0.336. The number of carbonyl (C=O) groups excluding carboxylic acids is 1. The van der Waals surface area contributed by atoms with E-state index in [0.29, 0.717) is 11.4 Å². The van der Waals surface area contributed by atoms with Crippen LogP contribution in [0.25, 0.3) is 0 Å². The Hall–Kier alpha value is -1.47. The molecule has 0 unspecified atom stereocenters. The Bertz CT molecular complexity index is 695. The lowest BCUT2D eigenvalue weighted by Gasteiger charge is -2.30. The van der Waals surface area contributed by atoms with Crippen LogP contribution in [0, 0.1) is 0 Å². The summed E-state index contributed by atoms with van der Waals surface area (Å²) >= 11 is 0. The smallest absolute Gasteiger partial charge is 0.428 e. The average molecular weight is 378 g/mol. The number of rotatable bonds is 3. The molecule has 0 heterocycles. The van der Waals surface area contributed by atoms with Crippen molar-refractivity contribution in [2.24, 2.45) is 0 Å². The Morgan fingerprint density at radius 2 is 1.46 bits per heavy atom. The summed E-state index contributed by atoms with van der Waals surface area (Å²) in [6.45, 7) is 11.9. The molecule has 0 aliphatic rings. The maximum absolute atomic E-state index is 11.9. The molecule has 0 radical (unpaired) electrons. The van der Waals surface area contributed by atoms with Gasteiger partial charge in [-0.15, -0.1) is 0 Å². The van der Waals surface area contributed by atoms with E-state index in [2.05, 4.69) is 9.50 Å². The number of hydrogen-bond acceptors (Lipinski definition) is 5. The van der Waals surface area contributed by atoms with Crippen LogP contribution in [0.3, 0.4) is 0 Å². The third kappa shape index (κ3) is 5.56. The molecule has 1 N–H and O–H groups in total. The summed E-state index contributed by atoms with van der Waals surface area (Å²) < 4.78 is 31.5. The molecule has 0 aliphatic heterocycles. The second-order valence-electron chi connectivity index (χ2n) is 7.49. The number of halogens is 1. The molecule has 0 aromatic heterocycles. The monoisotopic (exact) mass is 377 g/mol. The standard InChI is InChI=1S/C16H24ClNO5S/c1-15(2,3)11-8-10(22-7)9-12(16(4,5)6)13(11)18-14(19)23-24(17,20)21/h8-9H,1-7H3,(H,18,19). The third-order valence-electron chi connectivity index (χ3n) is 3.37. The number of nitrogens with one attached hydrogen (secondary N) is 1. The topological polar surface area (TPSA) is 81.7 Å². The van der Waals surface area contributed by atoms with Crippen LogP contribution in [-0.4, -0.2) is 21.6 Å². The predicted molar refractivity (Wildman–Crippen MR) is 95.3 cm³/mol. The molecule has 0 bridgehead atoms. The zero-order chi connectivity index (χ0) is 18.9. The lowest BCUT2D eigenvalue weighted by Crippen LogP contribution is -2.25. The van der Waals surface area contributed by atoms with Crippen molar-refractivity contribution < 1.29 is 22.1 Å². The van der Waals surface area contributed by atoms with E-state index < -0.39 is 15.4 Å². The van der Waals surface area contributed by atoms with Gasteiger partial charge in [-0.3, -0.25) is 5.32 Å². The van der Waals surface area contributed by atoms with Gasteiger partial charge in [0.2, 0.25) is 0 Å². The molecule has 1 amide bonds.